The summed E-state index contributed by atoms with van der Waals surface area (Å²) in [5.41, 5.74) is 1.39. The number of sulfone groups is 1. The number of rotatable bonds is 4. The van der Waals surface area contributed by atoms with Gasteiger partial charge in [-0.25, -0.2) is 8.42 Å². The Bertz CT molecular complexity index is 558. The molecular formula is C15H20O3S2. The van der Waals surface area contributed by atoms with Gasteiger partial charge >= 0.3 is 0 Å². The average molecular weight is 312 g/mol. The smallest absolute Gasteiger partial charge is 0.150 e. The van der Waals surface area contributed by atoms with E-state index in [1.54, 1.807) is 0 Å². The van der Waals surface area contributed by atoms with Gasteiger partial charge in [0.2, 0.25) is 0 Å². The Balaban J connectivity index is 1.63. The molecule has 1 fully saturated rings. The van der Waals surface area contributed by atoms with E-state index in [1.165, 1.54) is 10.5 Å². The van der Waals surface area contributed by atoms with Crippen LogP contribution in [0.15, 0.2) is 29.2 Å². The molecule has 0 radical (unpaired) electrons. The molecule has 2 heterocycles. The SMILES string of the molecule is O=S1(=O)CCC(C(CO)CC2Cc3ccccc3S2)C1. The fourth-order valence-corrected chi connectivity index (χ4v) is 6.68. The van der Waals surface area contributed by atoms with Crippen LogP contribution in [0.25, 0.3) is 0 Å². The number of benzene rings is 1. The third kappa shape index (κ3) is 3.05. The summed E-state index contributed by atoms with van der Waals surface area (Å²) >= 11 is 1.88. The third-order valence-electron chi connectivity index (χ3n) is 4.45. The van der Waals surface area contributed by atoms with E-state index in [2.05, 4.69) is 24.3 Å². The zero-order chi connectivity index (χ0) is 14.2. The van der Waals surface area contributed by atoms with Crippen molar-refractivity contribution in [2.24, 2.45) is 11.8 Å². The van der Waals surface area contributed by atoms with Crippen LogP contribution in [0.4, 0.5) is 0 Å². The van der Waals surface area contributed by atoms with Crippen molar-refractivity contribution in [1.29, 1.82) is 0 Å². The molecule has 3 nitrogen and oxygen atoms in total. The minimum Gasteiger partial charge on any atom is -0.396 e. The minimum atomic E-state index is -2.86. The maximum absolute atomic E-state index is 11.6. The van der Waals surface area contributed by atoms with Crippen LogP contribution in [0.1, 0.15) is 18.4 Å². The molecule has 5 heteroatoms. The molecule has 2 aliphatic heterocycles. The molecule has 20 heavy (non-hydrogen) atoms. The average Bonchev–Trinajstić information content (AvgIpc) is 2.98. The largest absolute Gasteiger partial charge is 0.396 e. The van der Waals surface area contributed by atoms with Gasteiger partial charge in [-0.15, -0.1) is 11.8 Å². The lowest BCUT2D eigenvalue weighted by molar-refractivity contribution is 0.175. The second kappa shape index (κ2) is 5.70. The van der Waals surface area contributed by atoms with Gasteiger partial charge < -0.3 is 5.11 Å². The summed E-state index contributed by atoms with van der Waals surface area (Å²) in [5, 5.41) is 10.1. The number of aliphatic hydroxyl groups is 1. The van der Waals surface area contributed by atoms with Crippen molar-refractivity contribution in [3.63, 3.8) is 0 Å². The van der Waals surface area contributed by atoms with Gasteiger partial charge in [-0.3, -0.25) is 0 Å². The number of aliphatic hydroxyl groups excluding tert-OH is 1. The van der Waals surface area contributed by atoms with Crippen LogP contribution in [-0.4, -0.2) is 36.9 Å². The highest BCUT2D eigenvalue weighted by molar-refractivity contribution is 8.00. The number of thioether (sulfide) groups is 1. The van der Waals surface area contributed by atoms with Crippen LogP contribution in [0.5, 0.6) is 0 Å². The lowest BCUT2D eigenvalue weighted by Gasteiger charge is -2.23. The van der Waals surface area contributed by atoms with E-state index >= 15 is 0 Å². The number of hydrogen-bond acceptors (Lipinski definition) is 4. The molecule has 1 aromatic carbocycles. The van der Waals surface area contributed by atoms with Crippen LogP contribution in [-0.2, 0) is 16.3 Å². The molecule has 1 saturated heterocycles. The fourth-order valence-electron chi connectivity index (χ4n) is 3.33. The van der Waals surface area contributed by atoms with E-state index in [1.807, 2.05) is 11.8 Å². The van der Waals surface area contributed by atoms with Crippen molar-refractivity contribution >= 4 is 21.6 Å². The second-order valence-electron chi connectivity index (χ2n) is 5.89. The van der Waals surface area contributed by atoms with Crippen molar-refractivity contribution < 1.29 is 13.5 Å². The quantitative estimate of drug-likeness (QED) is 0.925. The molecule has 3 atom stereocenters. The molecule has 110 valence electrons. The van der Waals surface area contributed by atoms with Gasteiger partial charge in [-0.05, 0) is 42.7 Å². The highest BCUT2D eigenvalue weighted by Gasteiger charge is 2.35. The summed E-state index contributed by atoms with van der Waals surface area (Å²) in [5.74, 6) is 0.836. The molecule has 2 aliphatic rings. The standard InChI is InChI=1S/C15H20O3S2/c16-9-13(12-5-6-20(17,18)10-12)8-14-7-11-3-1-2-4-15(11)19-14/h1-4,12-14,16H,5-10H2. The molecule has 0 saturated carbocycles. The first kappa shape index (κ1) is 14.4. The van der Waals surface area contributed by atoms with Crippen LogP contribution in [0, 0.1) is 11.8 Å². The first-order valence-corrected chi connectivity index (χ1v) is 9.83. The van der Waals surface area contributed by atoms with E-state index in [0.29, 0.717) is 11.0 Å². The predicted octanol–water partition coefficient (Wildman–Crippen LogP) is 2.14. The summed E-state index contributed by atoms with van der Waals surface area (Å²) < 4.78 is 23.2. The van der Waals surface area contributed by atoms with Gasteiger partial charge in [0.25, 0.3) is 0 Å². The van der Waals surface area contributed by atoms with Gasteiger partial charge in [-0.2, -0.15) is 0 Å². The Morgan fingerprint density at radius 1 is 1.35 bits per heavy atom. The molecule has 0 aliphatic carbocycles. The summed E-state index contributed by atoms with van der Waals surface area (Å²) in [6.07, 6.45) is 2.67. The molecule has 1 N–H and O–H groups in total. The summed E-state index contributed by atoms with van der Waals surface area (Å²) in [4.78, 5) is 1.34. The second-order valence-corrected chi connectivity index (χ2v) is 9.46. The third-order valence-corrected chi connectivity index (χ3v) is 7.59. The van der Waals surface area contributed by atoms with Gasteiger partial charge in [-0.1, -0.05) is 18.2 Å². The van der Waals surface area contributed by atoms with E-state index in [4.69, 9.17) is 0 Å². The Labute approximate surface area is 124 Å². The Morgan fingerprint density at radius 3 is 2.80 bits per heavy atom. The Kier molecular flexibility index (Phi) is 4.11. The number of fused-ring (bicyclic) bond motifs is 1. The van der Waals surface area contributed by atoms with Crippen LogP contribution in [0.2, 0.25) is 0 Å². The molecule has 0 amide bonds. The maximum atomic E-state index is 11.6. The molecule has 1 aromatic rings. The zero-order valence-corrected chi connectivity index (χ0v) is 13.0. The number of hydrogen-bond donors (Lipinski definition) is 1. The van der Waals surface area contributed by atoms with E-state index < -0.39 is 9.84 Å². The molecule has 0 spiro atoms. The van der Waals surface area contributed by atoms with Crippen molar-refractivity contribution in [1.82, 2.24) is 0 Å². The minimum absolute atomic E-state index is 0.105. The van der Waals surface area contributed by atoms with Gasteiger partial charge in [0, 0.05) is 16.8 Å². The van der Waals surface area contributed by atoms with E-state index in [9.17, 15) is 13.5 Å². The highest BCUT2D eigenvalue weighted by Crippen LogP contribution is 2.41. The summed E-state index contributed by atoms with van der Waals surface area (Å²) in [6.45, 7) is 0.105. The summed E-state index contributed by atoms with van der Waals surface area (Å²) in [6, 6.07) is 8.43. The topological polar surface area (TPSA) is 54.4 Å². The lowest BCUT2D eigenvalue weighted by Crippen LogP contribution is -2.23. The zero-order valence-electron chi connectivity index (χ0n) is 11.4. The van der Waals surface area contributed by atoms with Crippen molar-refractivity contribution in [2.75, 3.05) is 18.1 Å². The molecule has 0 aromatic heterocycles. The van der Waals surface area contributed by atoms with Crippen LogP contribution in [0.3, 0.4) is 0 Å². The first-order valence-electron chi connectivity index (χ1n) is 7.13. The normalized spacial score (nSPS) is 29.2. The van der Waals surface area contributed by atoms with Gasteiger partial charge in [0.15, 0.2) is 9.84 Å². The van der Waals surface area contributed by atoms with Gasteiger partial charge in [0.05, 0.1) is 11.5 Å². The van der Waals surface area contributed by atoms with Crippen molar-refractivity contribution in [2.45, 2.75) is 29.4 Å². The molecule has 0 bridgehead atoms. The van der Waals surface area contributed by atoms with Crippen LogP contribution < -0.4 is 0 Å². The maximum Gasteiger partial charge on any atom is 0.150 e. The van der Waals surface area contributed by atoms with E-state index in [-0.39, 0.29) is 24.2 Å². The summed E-state index contributed by atoms with van der Waals surface area (Å²) in [7, 11) is -2.86. The molecule has 3 unspecified atom stereocenters. The monoisotopic (exact) mass is 312 g/mol. The molecule has 3 rings (SSSR count). The van der Waals surface area contributed by atoms with Crippen LogP contribution >= 0.6 is 11.8 Å². The molecular weight excluding hydrogens is 292 g/mol. The lowest BCUT2D eigenvalue weighted by atomic mass is 9.87. The Morgan fingerprint density at radius 2 is 2.15 bits per heavy atom. The first-order chi connectivity index (χ1) is 9.57. The predicted molar refractivity (Wildman–Crippen MR) is 81.7 cm³/mol. The van der Waals surface area contributed by atoms with E-state index in [0.717, 1.165) is 19.3 Å². The van der Waals surface area contributed by atoms with Crippen molar-refractivity contribution in [3.05, 3.63) is 29.8 Å². The Hall–Kier alpha value is -0.520. The van der Waals surface area contributed by atoms with Crippen molar-refractivity contribution in [3.8, 4) is 0 Å². The highest BCUT2D eigenvalue weighted by atomic mass is 32.2. The fraction of sp³-hybridized carbons (Fsp3) is 0.600. The van der Waals surface area contributed by atoms with Gasteiger partial charge in [0.1, 0.15) is 0 Å².